The van der Waals surface area contributed by atoms with Crippen LogP contribution in [0.2, 0.25) is 0 Å². The van der Waals surface area contributed by atoms with Gasteiger partial charge in [-0.2, -0.15) is 15.1 Å². The Morgan fingerprint density at radius 1 is 1.06 bits per heavy atom. The molecule has 2 aliphatic heterocycles. The van der Waals surface area contributed by atoms with Gasteiger partial charge in [-0.1, -0.05) is 60.2 Å². The van der Waals surface area contributed by atoms with Crippen molar-refractivity contribution in [1.82, 2.24) is 5.01 Å². The topological polar surface area (TPSA) is 78.1 Å². The zero-order chi connectivity index (χ0) is 23.7. The summed E-state index contributed by atoms with van der Waals surface area (Å²) in [5.41, 5.74) is 3.37. The van der Waals surface area contributed by atoms with Crippen LogP contribution in [0.4, 0.5) is 4.39 Å². The van der Waals surface area contributed by atoms with Crippen molar-refractivity contribution in [2.75, 3.05) is 0 Å². The van der Waals surface area contributed by atoms with E-state index in [0.717, 1.165) is 11.1 Å². The number of halogens is 1. The lowest BCUT2D eigenvalue weighted by Crippen LogP contribution is -2.35. The molecule has 1 amide bonds. The molecule has 6 nitrogen and oxygen atoms in total. The molecule has 3 aromatic rings. The van der Waals surface area contributed by atoms with Crippen molar-refractivity contribution < 1.29 is 13.9 Å². The zero-order valence-corrected chi connectivity index (χ0v) is 19.0. The number of thioether (sulfide) groups is 1. The molecular weight excluding hydrogens is 451 g/mol. The first-order chi connectivity index (χ1) is 16.5. The quantitative estimate of drug-likeness (QED) is 0.508. The van der Waals surface area contributed by atoms with E-state index < -0.39 is 5.91 Å². The van der Waals surface area contributed by atoms with Crippen molar-refractivity contribution in [3.8, 4) is 5.75 Å². The standard InChI is InChI=1S/C26H19FN4O2S/c1-16-6-10-18(11-7-16)25-30-31-23(28)21(24(32)29-26(31)34-25)14-17-8-12-20(13-9-17)33-15-19-4-2-3-5-22(19)27/h2-14,28H,15H2,1H3/b21-14-,28-23?. The first kappa shape index (κ1) is 21.8. The summed E-state index contributed by atoms with van der Waals surface area (Å²) in [7, 11) is 0. The molecule has 5 rings (SSSR count). The third-order valence-electron chi connectivity index (χ3n) is 5.30. The highest BCUT2D eigenvalue weighted by molar-refractivity contribution is 8.27. The molecule has 8 heteroatoms. The molecule has 0 saturated heterocycles. The Bertz CT molecular complexity index is 1380. The van der Waals surface area contributed by atoms with Gasteiger partial charge in [-0.05, 0) is 48.5 Å². The maximum atomic E-state index is 13.8. The van der Waals surface area contributed by atoms with E-state index in [-0.39, 0.29) is 23.8 Å². The van der Waals surface area contributed by atoms with Crippen LogP contribution in [0, 0.1) is 18.2 Å². The van der Waals surface area contributed by atoms with Gasteiger partial charge >= 0.3 is 0 Å². The number of aryl methyl sites for hydroxylation is 1. The van der Waals surface area contributed by atoms with Crippen LogP contribution < -0.4 is 4.74 Å². The Labute approximate surface area is 200 Å². The van der Waals surface area contributed by atoms with Gasteiger partial charge in [0.2, 0.25) is 5.17 Å². The second kappa shape index (κ2) is 9.07. The summed E-state index contributed by atoms with van der Waals surface area (Å²) < 4.78 is 19.4. The van der Waals surface area contributed by atoms with E-state index in [4.69, 9.17) is 10.1 Å². The highest BCUT2D eigenvalue weighted by Gasteiger charge is 2.36. The fourth-order valence-electron chi connectivity index (χ4n) is 3.41. The van der Waals surface area contributed by atoms with Gasteiger partial charge in [0.25, 0.3) is 5.91 Å². The summed E-state index contributed by atoms with van der Waals surface area (Å²) in [6, 6.07) is 21.4. The summed E-state index contributed by atoms with van der Waals surface area (Å²) in [6.07, 6.45) is 1.61. The number of amidine groups is 2. The first-order valence-corrected chi connectivity index (χ1v) is 11.3. The second-order valence-corrected chi connectivity index (χ2v) is 8.70. The summed E-state index contributed by atoms with van der Waals surface area (Å²) in [6.45, 7) is 2.12. The molecule has 0 spiro atoms. The minimum absolute atomic E-state index is 0.0236. The van der Waals surface area contributed by atoms with Crippen LogP contribution in [-0.2, 0) is 11.4 Å². The van der Waals surface area contributed by atoms with E-state index in [1.807, 2.05) is 31.2 Å². The first-order valence-electron chi connectivity index (χ1n) is 10.5. The number of hydrogen-bond acceptors (Lipinski definition) is 5. The van der Waals surface area contributed by atoms with Crippen LogP contribution in [0.5, 0.6) is 5.75 Å². The van der Waals surface area contributed by atoms with Gasteiger partial charge in [-0.3, -0.25) is 10.2 Å². The van der Waals surface area contributed by atoms with Crippen molar-refractivity contribution in [2.24, 2.45) is 10.1 Å². The fraction of sp³-hybridized carbons (Fsp3) is 0.0769. The Balaban J connectivity index is 1.32. The van der Waals surface area contributed by atoms with Crippen LogP contribution in [0.1, 0.15) is 22.3 Å². The number of aliphatic imine (C=N–C) groups is 1. The average molecular weight is 471 g/mol. The molecule has 0 unspecified atom stereocenters. The van der Waals surface area contributed by atoms with E-state index >= 15 is 0 Å². The molecule has 0 radical (unpaired) electrons. The number of amides is 1. The molecule has 0 aromatic heterocycles. The molecule has 2 aliphatic rings. The molecule has 0 atom stereocenters. The van der Waals surface area contributed by atoms with Gasteiger partial charge in [-0.15, -0.1) is 0 Å². The van der Waals surface area contributed by atoms with Crippen LogP contribution >= 0.6 is 11.8 Å². The Hall–Kier alpha value is -4.04. The lowest BCUT2D eigenvalue weighted by atomic mass is 10.1. The molecule has 1 N–H and O–H groups in total. The molecule has 0 saturated carbocycles. The van der Waals surface area contributed by atoms with Crippen LogP contribution in [0.25, 0.3) is 6.08 Å². The number of ether oxygens (including phenoxy) is 1. The normalized spacial score (nSPS) is 16.4. The molecule has 3 aromatic carbocycles. The molecule has 0 bridgehead atoms. The summed E-state index contributed by atoms with van der Waals surface area (Å²) in [5, 5.41) is 15.5. The number of rotatable bonds is 5. The summed E-state index contributed by atoms with van der Waals surface area (Å²) >= 11 is 1.27. The SMILES string of the molecule is Cc1ccc(C2=NN3C(=N)/C(=C/c4ccc(OCc5ccccc5F)cc4)C(=O)N=C3S2)cc1. The molecule has 168 valence electrons. The minimum Gasteiger partial charge on any atom is -0.489 e. The molecule has 34 heavy (non-hydrogen) atoms. The van der Waals surface area contributed by atoms with Gasteiger partial charge in [0.15, 0.2) is 5.84 Å². The van der Waals surface area contributed by atoms with E-state index in [1.54, 1.807) is 48.5 Å². The molecule has 0 aliphatic carbocycles. The smallest absolute Gasteiger partial charge is 0.283 e. The van der Waals surface area contributed by atoms with Crippen molar-refractivity contribution in [3.05, 3.63) is 106 Å². The van der Waals surface area contributed by atoms with Crippen molar-refractivity contribution in [2.45, 2.75) is 13.5 Å². The maximum absolute atomic E-state index is 13.8. The number of hydrazone groups is 1. The van der Waals surface area contributed by atoms with Crippen LogP contribution in [-0.4, -0.2) is 27.0 Å². The Kier molecular flexibility index (Phi) is 5.81. The summed E-state index contributed by atoms with van der Waals surface area (Å²) in [5.74, 6) is -0.251. The molecule has 2 heterocycles. The number of carbonyl (C=O) groups excluding carboxylic acids is 1. The van der Waals surface area contributed by atoms with E-state index in [0.29, 0.717) is 27.1 Å². The molecular formula is C26H19FN4O2S. The average Bonchev–Trinajstić information content (AvgIpc) is 3.26. The van der Waals surface area contributed by atoms with E-state index in [1.165, 1.54) is 22.8 Å². The lowest BCUT2D eigenvalue weighted by Gasteiger charge is -2.20. The Morgan fingerprint density at radius 3 is 2.53 bits per heavy atom. The van der Waals surface area contributed by atoms with Gasteiger partial charge < -0.3 is 4.74 Å². The number of nitrogens with one attached hydrogen (secondary N) is 1. The maximum Gasteiger partial charge on any atom is 0.283 e. The van der Waals surface area contributed by atoms with Gasteiger partial charge in [0, 0.05) is 11.1 Å². The van der Waals surface area contributed by atoms with Gasteiger partial charge in [0.05, 0.1) is 5.57 Å². The van der Waals surface area contributed by atoms with Gasteiger partial charge in [0.1, 0.15) is 23.2 Å². The largest absolute Gasteiger partial charge is 0.489 e. The van der Waals surface area contributed by atoms with Crippen molar-refractivity contribution >= 4 is 39.8 Å². The van der Waals surface area contributed by atoms with E-state index in [9.17, 15) is 9.18 Å². The predicted octanol–water partition coefficient (Wildman–Crippen LogP) is 5.38. The number of nitrogens with zero attached hydrogens (tertiary/aromatic N) is 3. The highest BCUT2D eigenvalue weighted by Crippen LogP contribution is 2.31. The molecule has 0 fully saturated rings. The second-order valence-electron chi connectivity index (χ2n) is 7.74. The number of fused-ring (bicyclic) bond motifs is 1. The number of carbonyl (C=O) groups is 1. The van der Waals surface area contributed by atoms with Crippen molar-refractivity contribution in [3.63, 3.8) is 0 Å². The highest BCUT2D eigenvalue weighted by atomic mass is 32.2. The number of benzene rings is 3. The lowest BCUT2D eigenvalue weighted by molar-refractivity contribution is -0.114. The third-order valence-corrected chi connectivity index (χ3v) is 6.25. The summed E-state index contributed by atoms with van der Waals surface area (Å²) in [4.78, 5) is 16.8. The van der Waals surface area contributed by atoms with Crippen molar-refractivity contribution in [1.29, 1.82) is 5.41 Å². The van der Waals surface area contributed by atoms with E-state index in [2.05, 4.69) is 10.1 Å². The third kappa shape index (κ3) is 4.40. The van der Waals surface area contributed by atoms with Crippen LogP contribution in [0.15, 0.2) is 88.5 Å². The monoisotopic (exact) mass is 470 g/mol. The Morgan fingerprint density at radius 2 is 1.79 bits per heavy atom. The van der Waals surface area contributed by atoms with Gasteiger partial charge in [-0.25, -0.2) is 4.39 Å². The predicted molar refractivity (Wildman–Crippen MR) is 132 cm³/mol. The fourth-order valence-corrected chi connectivity index (χ4v) is 4.30. The van der Waals surface area contributed by atoms with Crippen LogP contribution in [0.3, 0.4) is 0 Å². The number of hydrogen-bond donors (Lipinski definition) is 1. The minimum atomic E-state index is -0.482. The zero-order valence-electron chi connectivity index (χ0n) is 18.2.